The topological polar surface area (TPSA) is 21.3 Å². The van der Waals surface area contributed by atoms with Crippen LogP contribution in [-0.4, -0.2) is 12.7 Å². The summed E-state index contributed by atoms with van der Waals surface area (Å²) in [5.74, 6) is 3.66. The first-order chi connectivity index (χ1) is 10.1. The second-order valence-electron chi connectivity index (χ2n) is 6.53. The lowest BCUT2D eigenvalue weighted by molar-refractivity contribution is -0.0505. The minimum Gasteiger partial charge on any atom is -0.434 e. The molecule has 0 aliphatic heterocycles. The molecule has 2 bridgehead atoms. The lowest BCUT2D eigenvalue weighted by atomic mass is 10.0. The fraction of sp³-hybridized carbons (Fsp3) is 0.625. The second-order valence-corrected chi connectivity index (χ2v) is 6.96. The summed E-state index contributed by atoms with van der Waals surface area (Å²) in [5, 5.41) is 4.08. The number of hydrogen-bond acceptors (Lipinski definition) is 2. The fourth-order valence-electron chi connectivity index (χ4n) is 4.72. The molecule has 1 N–H and O–H groups in total. The van der Waals surface area contributed by atoms with Gasteiger partial charge in [0.15, 0.2) is 0 Å². The molecule has 5 heteroatoms. The number of ether oxygens (including phenoxy) is 1. The molecule has 4 atom stereocenters. The van der Waals surface area contributed by atoms with E-state index in [4.69, 9.17) is 11.6 Å². The van der Waals surface area contributed by atoms with Crippen LogP contribution in [0.4, 0.5) is 8.78 Å². The van der Waals surface area contributed by atoms with Crippen LogP contribution < -0.4 is 10.1 Å². The van der Waals surface area contributed by atoms with Gasteiger partial charge in [0.2, 0.25) is 0 Å². The van der Waals surface area contributed by atoms with Crippen molar-refractivity contribution < 1.29 is 13.5 Å². The molecule has 0 aromatic heterocycles. The number of alkyl halides is 2. The van der Waals surface area contributed by atoms with Gasteiger partial charge in [0.1, 0.15) is 5.75 Å². The van der Waals surface area contributed by atoms with Crippen molar-refractivity contribution in [1.82, 2.24) is 5.32 Å². The molecule has 3 aliphatic rings. The maximum absolute atomic E-state index is 12.4. The Morgan fingerprint density at radius 2 is 1.95 bits per heavy atom. The normalized spacial score (nSPS) is 36.1. The molecule has 1 aromatic carbocycles. The molecule has 1 aromatic rings. The fourth-order valence-corrected chi connectivity index (χ4v) is 4.92. The van der Waals surface area contributed by atoms with Crippen LogP contribution in [0.5, 0.6) is 5.75 Å². The molecule has 4 rings (SSSR count). The molecule has 114 valence electrons. The molecule has 0 saturated heterocycles. The highest BCUT2D eigenvalue weighted by Gasteiger charge is 2.64. The van der Waals surface area contributed by atoms with Gasteiger partial charge >= 0.3 is 6.61 Å². The summed E-state index contributed by atoms with van der Waals surface area (Å²) in [6.07, 6.45) is 4.16. The Labute approximate surface area is 127 Å². The van der Waals surface area contributed by atoms with Crippen molar-refractivity contribution in [2.75, 3.05) is 0 Å². The Morgan fingerprint density at radius 3 is 2.62 bits per heavy atom. The standard InChI is InChI=1S/C16H18ClF2NO/c17-11-3-4-12(21-16(18)19)10(6-11)7-20-15-13-8-1-2-9(5-8)14(13)15/h3-4,6,8-9,13-16,20H,1-2,5,7H2. The predicted molar refractivity (Wildman–Crippen MR) is 76.5 cm³/mol. The quantitative estimate of drug-likeness (QED) is 0.884. The zero-order valence-electron chi connectivity index (χ0n) is 11.6. The summed E-state index contributed by atoms with van der Waals surface area (Å²) in [6.45, 7) is -2.26. The molecule has 3 saturated carbocycles. The van der Waals surface area contributed by atoms with Crippen molar-refractivity contribution in [3.8, 4) is 5.75 Å². The third kappa shape index (κ3) is 2.42. The van der Waals surface area contributed by atoms with E-state index in [9.17, 15) is 8.78 Å². The first-order valence-corrected chi connectivity index (χ1v) is 7.98. The van der Waals surface area contributed by atoms with Gasteiger partial charge in [0, 0.05) is 23.2 Å². The van der Waals surface area contributed by atoms with E-state index in [0.29, 0.717) is 23.2 Å². The van der Waals surface area contributed by atoms with Gasteiger partial charge in [-0.25, -0.2) is 0 Å². The molecule has 0 spiro atoms. The number of benzene rings is 1. The van der Waals surface area contributed by atoms with Crippen LogP contribution in [0.25, 0.3) is 0 Å². The van der Waals surface area contributed by atoms with E-state index >= 15 is 0 Å². The van der Waals surface area contributed by atoms with E-state index in [-0.39, 0.29) is 5.75 Å². The van der Waals surface area contributed by atoms with Gasteiger partial charge in [0.25, 0.3) is 0 Å². The number of halogens is 3. The van der Waals surface area contributed by atoms with E-state index in [1.54, 1.807) is 12.1 Å². The van der Waals surface area contributed by atoms with Crippen molar-refractivity contribution in [3.63, 3.8) is 0 Å². The lowest BCUT2D eigenvalue weighted by Gasteiger charge is -2.14. The van der Waals surface area contributed by atoms with Crippen molar-refractivity contribution >= 4 is 11.6 Å². The zero-order chi connectivity index (χ0) is 14.6. The average Bonchev–Trinajstić information content (AvgIpc) is 2.83. The molecular formula is C16H18ClF2NO. The molecule has 3 fully saturated rings. The van der Waals surface area contributed by atoms with E-state index < -0.39 is 6.61 Å². The molecule has 21 heavy (non-hydrogen) atoms. The van der Waals surface area contributed by atoms with Gasteiger partial charge in [-0.3, -0.25) is 0 Å². The van der Waals surface area contributed by atoms with Crippen LogP contribution in [0.15, 0.2) is 18.2 Å². The largest absolute Gasteiger partial charge is 0.434 e. The Hall–Kier alpha value is -0.870. The first-order valence-electron chi connectivity index (χ1n) is 7.60. The predicted octanol–water partition coefficient (Wildman–Crippen LogP) is 4.08. The van der Waals surface area contributed by atoms with Gasteiger partial charge in [-0.15, -0.1) is 0 Å². The maximum atomic E-state index is 12.4. The first kappa shape index (κ1) is 13.8. The smallest absolute Gasteiger partial charge is 0.387 e. The SMILES string of the molecule is FC(F)Oc1ccc(Cl)cc1CNC1C2C3CCC(C3)C12. The lowest BCUT2D eigenvalue weighted by Crippen LogP contribution is -2.23. The third-order valence-corrected chi connectivity index (χ3v) is 5.74. The Bertz CT molecular complexity index is 537. The van der Waals surface area contributed by atoms with Gasteiger partial charge in [-0.1, -0.05) is 11.6 Å². The van der Waals surface area contributed by atoms with Crippen molar-refractivity contribution in [1.29, 1.82) is 0 Å². The highest BCUT2D eigenvalue weighted by molar-refractivity contribution is 6.30. The van der Waals surface area contributed by atoms with Crippen LogP contribution in [0.1, 0.15) is 24.8 Å². The summed E-state index contributed by atoms with van der Waals surface area (Å²) in [6, 6.07) is 5.37. The van der Waals surface area contributed by atoms with Crippen molar-refractivity contribution in [3.05, 3.63) is 28.8 Å². The molecule has 0 heterocycles. The average molecular weight is 314 g/mol. The third-order valence-electron chi connectivity index (χ3n) is 5.50. The summed E-state index contributed by atoms with van der Waals surface area (Å²) >= 11 is 5.97. The van der Waals surface area contributed by atoms with Gasteiger partial charge < -0.3 is 10.1 Å². The highest BCUT2D eigenvalue weighted by Crippen LogP contribution is 2.65. The number of nitrogens with one attached hydrogen (secondary N) is 1. The molecular weight excluding hydrogens is 296 g/mol. The summed E-state index contributed by atoms with van der Waals surface area (Å²) in [7, 11) is 0. The Kier molecular flexibility index (Phi) is 3.34. The minimum absolute atomic E-state index is 0.218. The van der Waals surface area contributed by atoms with Gasteiger partial charge in [-0.2, -0.15) is 8.78 Å². The molecule has 0 radical (unpaired) electrons. The maximum Gasteiger partial charge on any atom is 0.387 e. The van der Waals surface area contributed by atoms with Crippen LogP contribution in [0.3, 0.4) is 0 Å². The number of fused-ring (bicyclic) bond motifs is 5. The van der Waals surface area contributed by atoms with Crippen molar-refractivity contribution in [2.24, 2.45) is 23.7 Å². The van der Waals surface area contributed by atoms with Gasteiger partial charge in [-0.05, 0) is 61.1 Å². The second kappa shape index (κ2) is 5.10. The molecule has 0 amide bonds. The minimum atomic E-state index is -2.80. The summed E-state index contributed by atoms with van der Waals surface area (Å²) in [5.41, 5.74) is 0.708. The van der Waals surface area contributed by atoms with E-state index in [1.165, 1.54) is 25.3 Å². The Morgan fingerprint density at radius 1 is 1.24 bits per heavy atom. The van der Waals surface area contributed by atoms with Gasteiger partial charge in [0.05, 0.1) is 0 Å². The Balaban J connectivity index is 1.42. The molecule has 3 aliphatic carbocycles. The highest BCUT2D eigenvalue weighted by atomic mass is 35.5. The number of hydrogen-bond donors (Lipinski definition) is 1. The van der Waals surface area contributed by atoms with Crippen LogP contribution >= 0.6 is 11.6 Å². The van der Waals surface area contributed by atoms with Crippen LogP contribution in [0, 0.1) is 23.7 Å². The van der Waals surface area contributed by atoms with E-state index in [0.717, 1.165) is 23.7 Å². The number of rotatable bonds is 5. The van der Waals surface area contributed by atoms with Crippen LogP contribution in [-0.2, 0) is 6.54 Å². The summed E-state index contributed by atoms with van der Waals surface area (Å²) < 4.78 is 29.4. The molecule has 4 unspecified atom stereocenters. The van der Waals surface area contributed by atoms with E-state index in [2.05, 4.69) is 10.1 Å². The monoisotopic (exact) mass is 313 g/mol. The summed E-state index contributed by atoms with van der Waals surface area (Å²) in [4.78, 5) is 0. The molecule has 2 nitrogen and oxygen atoms in total. The zero-order valence-corrected chi connectivity index (χ0v) is 12.3. The van der Waals surface area contributed by atoms with Crippen LogP contribution in [0.2, 0.25) is 5.02 Å². The van der Waals surface area contributed by atoms with Crippen molar-refractivity contribution in [2.45, 2.75) is 38.5 Å². The van der Waals surface area contributed by atoms with E-state index in [1.807, 2.05) is 0 Å².